The van der Waals surface area contributed by atoms with Gasteiger partial charge in [0.25, 0.3) is 0 Å². The fraction of sp³-hybridized carbons (Fsp3) is 0.286. The van der Waals surface area contributed by atoms with Crippen molar-refractivity contribution in [2.75, 3.05) is 7.11 Å². The van der Waals surface area contributed by atoms with Crippen LogP contribution in [0.2, 0.25) is 0 Å². The summed E-state index contributed by atoms with van der Waals surface area (Å²) < 4.78 is 5.08. The van der Waals surface area contributed by atoms with Gasteiger partial charge in [0.05, 0.1) is 7.11 Å². The van der Waals surface area contributed by atoms with Gasteiger partial charge in [-0.3, -0.25) is 4.79 Å². The second-order valence-electron chi connectivity index (χ2n) is 4.09. The summed E-state index contributed by atoms with van der Waals surface area (Å²) in [6.45, 7) is 3.22. The number of carbonyl (C=O) groups is 2. The third-order valence-corrected chi connectivity index (χ3v) is 2.81. The first-order valence-corrected chi connectivity index (χ1v) is 5.77. The molecule has 0 aromatic heterocycles. The molecule has 0 saturated carbocycles. The van der Waals surface area contributed by atoms with Crippen LogP contribution in [0.5, 0.6) is 5.75 Å². The normalized spacial score (nSPS) is 11.5. The Balaban J connectivity index is 2.69. The number of amides is 1. The van der Waals surface area contributed by atoms with Crippen molar-refractivity contribution in [3.05, 3.63) is 41.0 Å². The summed E-state index contributed by atoms with van der Waals surface area (Å²) in [4.78, 5) is 22.5. The fourth-order valence-corrected chi connectivity index (χ4v) is 1.43. The molecule has 5 heteroatoms. The largest absolute Gasteiger partial charge is 0.497 e. The maximum Gasteiger partial charge on any atom is 0.331 e. The molecule has 0 unspecified atom stereocenters. The lowest BCUT2D eigenvalue weighted by molar-refractivity contribution is -0.133. The standard InChI is InChI=1S/C14H17NO4/c1-9(10(2)14(17)18)13(16)15-8-11-5-4-6-12(7-11)19-3/h4-7H,8H2,1-3H3,(H,15,16)(H,17,18). The highest BCUT2D eigenvalue weighted by Crippen LogP contribution is 2.12. The van der Waals surface area contributed by atoms with Crippen molar-refractivity contribution in [3.8, 4) is 5.75 Å². The molecule has 0 saturated heterocycles. The third-order valence-electron chi connectivity index (χ3n) is 2.81. The number of carboxylic acids is 1. The van der Waals surface area contributed by atoms with E-state index in [0.29, 0.717) is 12.3 Å². The van der Waals surface area contributed by atoms with Gasteiger partial charge in [0.2, 0.25) is 5.91 Å². The molecule has 0 bridgehead atoms. The number of carboxylic acid groups (broad SMARTS) is 1. The Labute approximate surface area is 111 Å². The minimum atomic E-state index is -1.09. The topological polar surface area (TPSA) is 75.6 Å². The monoisotopic (exact) mass is 263 g/mol. The van der Waals surface area contributed by atoms with Gasteiger partial charge in [-0.25, -0.2) is 4.79 Å². The van der Waals surface area contributed by atoms with E-state index in [1.54, 1.807) is 7.11 Å². The van der Waals surface area contributed by atoms with E-state index in [1.807, 2.05) is 24.3 Å². The molecule has 0 aliphatic carbocycles. The Bertz CT molecular complexity index is 520. The van der Waals surface area contributed by atoms with E-state index in [4.69, 9.17) is 9.84 Å². The number of nitrogens with one attached hydrogen (secondary N) is 1. The zero-order valence-corrected chi connectivity index (χ0v) is 11.2. The SMILES string of the molecule is COc1cccc(CNC(=O)C(C)=C(C)C(=O)O)c1. The van der Waals surface area contributed by atoms with Gasteiger partial charge in [0.1, 0.15) is 5.75 Å². The summed E-state index contributed by atoms with van der Waals surface area (Å²) in [6.07, 6.45) is 0. The van der Waals surface area contributed by atoms with Crippen LogP contribution >= 0.6 is 0 Å². The number of rotatable bonds is 5. The van der Waals surface area contributed by atoms with E-state index in [9.17, 15) is 9.59 Å². The molecule has 102 valence electrons. The molecule has 0 heterocycles. The maximum atomic E-state index is 11.8. The molecule has 0 fully saturated rings. The van der Waals surface area contributed by atoms with Gasteiger partial charge in [0.15, 0.2) is 0 Å². The summed E-state index contributed by atoms with van der Waals surface area (Å²) in [5, 5.41) is 11.5. The Kier molecular flexibility index (Phi) is 5.11. The summed E-state index contributed by atoms with van der Waals surface area (Å²) in [5.41, 5.74) is 1.13. The van der Waals surface area contributed by atoms with Gasteiger partial charge in [0, 0.05) is 17.7 Å². The second-order valence-corrected chi connectivity index (χ2v) is 4.09. The van der Waals surface area contributed by atoms with Gasteiger partial charge in [-0.15, -0.1) is 0 Å². The van der Waals surface area contributed by atoms with Crippen molar-refractivity contribution < 1.29 is 19.4 Å². The predicted molar refractivity (Wildman–Crippen MR) is 70.9 cm³/mol. The average Bonchev–Trinajstić information content (AvgIpc) is 2.43. The van der Waals surface area contributed by atoms with Gasteiger partial charge < -0.3 is 15.2 Å². The molecule has 0 spiro atoms. The zero-order valence-electron chi connectivity index (χ0n) is 11.2. The van der Waals surface area contributed by atoms with E-state index in [0.717, 1.165) is 5.56 Å². The minimum absolute atomic E-state index is 0.0446. The molecule has 0 aliphatic heterocycles. The van der Waals surface area contributed by atoms with E-state index < -0.39 is 5.97 Å². The van der Waals surface area contributed by atoms with Crippen molar-refractivity contribution in [1.82, 2.24) is 5.32 Å². The first-order valence-electron chi connectivity index (χ1n) is 5.77. The summed E-state index contributed by atoms with van der Waals surface area (Å²) in [7, 11) is 1.57. The molecule has 5 nitrogen and oxygen atoms in total. The molecule has 2 N–H and O–H groups in total. The Hall–Kier alpha value is -2.30. The zero-order chi connectivity index (χ0) is 14.4. The molecular weight excluding hydrogens is 246 g/mol. The second kappa shape index (κ2) is 6.58. The lowest BCUT2D eigenvalue weighted by atomic mass is 10.1. The Morgan fingerprint density at radius 2 is 1.95 bits per heavy atom. The van der Waals surface area contributed by atoms with Crippen LogP contribution in [0.25, 0.3) is 0 Å². The van der Waals surface area contributed by atoms with Crippen LogP contribution in [0.1, 0.15) is 19.4 Å². The van der Waals surface area contributed by atoms with Crippen LogP contribution in [0.3, 0.4) is 0 Å². The van der Waals surface area contributed by atoms with Gasteiger partial charge >= 0.3 is 5.97 Å². The van der Waals surface area contributed by atoms with Crippen molar-refractivity contribution >= 4 is 11.9 Å². The summed E-state index contributed by atoms with van der Waals surface area (Å²) in [6, 6.07) is 7.30. The minimum Gasteiger partial charge on any atom is -0.497 e. The van der Waals surface area contributed by atoms with Crippen LogP contribution in [-0.2, 0) is 16.1 Å². The molecular formula is C14H17NO4. The molecule has 0 atom stereocenters. The van der Waals surface area contributed by atoms with Crippen molar-refractivity contribution in [2.45, 2.75) is 20.4 Å². The van der Waals surface area contributed by atoms with E-state index >= 15 is 0 Å². The maximum absolute atomic E-state index is 11.8. The van der Waals surface area contributed by atoms with Crippen LogP contribution in [0.15, 0.2) is 35.4 Å². The van der Waals surface area contributed by atoms with Crippen LogP contribution in [-0.4, -0.2) is 24.1 Å². The predicted octanol–water partition coefficient (Wildman–Crippen LogP) is 1.73. The van der Waals surface area contributed by atoms with Crippen LogP contribution in [0.4, 0.5) is 0 Å². The molecule has 0 aliphatic rings. The van der Waals surface area contributed by atoms with Crippen LogP contribution in [0, 0.1) is 0 Å². The van der Waals surface area contributed by atoms with E-state index in [1.165, 1.54) is 13.8 Å². The summed E-state index contributed by atoms with van der Waals surface area (Å²) >= 11 is 0. The number of methoxy groups -OCH3 is 1. The number of carbonyl (C=O) groups excluding carboxylic acids is 1. The molecule has 1 aromatic carbocycles. The molecule has 1 amide bonds. The lowest BCUT2D eigenvalue weighted by Crippen LogP contribution is -2.25. The molecule has 19 heavy (non-hydrogen) atoms. The first-order chi connectivity index (χ1) is 8.95. The quantitative estimate of drug-likeness (QED) is 0.793. The van der Waals surface area contributed by atoms with Gasteiger partial charge in [-0.2, -0.15) is 0 Å². The fourth-order valence-electron chi connectivity index (χ4n) is 1.43. The Morgan fingerprint density at radius 3 is 2.53 bits per heavy atom. The first kappa shape index (κ1) is 14.8. The van der Waals surface area contributed by atoms with E-state index in [-0.39, 0.29) is 17.1 Å². The van der Waals surface area contributed by atoms with Crippen LogP contribution < -0.4 is 10.1 Å². The number of benzene rings is 1. The number of ether oxygens (including phenoxy) is 1. The highest BCUT2D eigenvalue weighted by atomic mass is 16.5. The van der Waals surface area contributed by atoms with Crippen molar-refractivity contribution in [3.63, 3.8) is 0 Å². The smallest absolute Gasteiger partial charge is 0.331 e. The average molecular weight is 263 g/mol. The highest BCUT2D eigenvalue weighted by molar-refractivity contribution is 6.01. The lowest BCUT2D eigenvalue weighted by Gasteiger charge is -2.08. The summed E-state index contributed by atoms with van der Waals surface area (Å²) in [5.74, 6) is -0.766. The van der Waals surface area contributed by atoms with Crippen molar-refractivity contribution in [1.29, 1.82) is 0 Å². The van der Waals surface area contributed by atoms with E-state index in [2.05, 4.69) is 5.32 Å². The number of hydrogen-bond donors (Lipinski definition) is 2. The number of aliphatic carboxylic acids is 1. The van der Waals surface area contributed by atoms with Crippen molar-refractivity contribution in [2.24, 2.45) is 0 Å². The highest BCUT2D eigenvalue weighted by Gasteiger charge is 2.12. The molecule has 0 radical (unpaired) electrons. The molecule has 1 rings (SSSR count). The van der Waals surface area contributed by atoms with Gasteiger partial charge in [-0.1, -0.05) is 12.1 Å². The van der Waals surface area contributed by atoms with Gasteiger partial charge in [-0.05, 0) is 31.5 Å². The number of hydrogen-bond acceptors (Lipinski definition) is 3. The Morgan fingerprint density at radius 1 is 1.26 bits per heavy atom. The molecule has 1 aromatic rings. The third kappa shape index (κ3) is 4.13.